The Morgan fingerprint density at radius 3 is 2.90 bits per heavy atom. The molecule has 1 atom stereocenters. The Morgan fingerprint density at radius 2 is 2.05 bits per heavy atom. The molecule has 0 amide bonds. The van der Waals surface area contributed by atoms with Gasteiger partial charge >= 0.3 is 5.97 Å². The number of fused-ring (bicyclic) bond motifs is 1. The van der Waals surface area contributed by atoms with Crippen molar-refractivity contribution in [3.05, 3.63) is 17.3 Å². The number of carboxylic acids is 1. The summed E-state index contributed by atoms with van der Waals surface area (Å²) >= 11 is 0. The maximum Gasteiger partial charge on any atom is 0.308 e. The number of aromatic nitrogens is 2. The molecule has 1 aromatic rings. The first kappa shape index (κ1) is 13.3. The molecule has 1 fully saturated rings. The molecule has 1 aliphatic carbocycles. The number of hydrogen-bond acceptors (Lipinski definition) is 4. The van der Waals surface area contributed by atoms with Crippen LogP contribution in [0.2, 0.25) is 0 Å². The van der Waals surface area contributed by atoms with Crippen LogP contribution in [0.3, 0.4) is 0 Å². The number of aryl methyl sites for hydroxylation is 2. The standard InChI is InChI=1S/C15H21N3O2/c19-15(20)12-6-4-8-18(10-12)14-9-11-5-2-1-3-7-13(11)16-17-14/h9,12H,1-8,10H2,(H,19,20). The highest BCUT2D eigenvalue weighted by molar-refractivity contribution is 5.71. The number of rotatable bonds is 2. The second kappa shape index (κ2) is 5.77. The van der Waals surface area contributed by atoms with E-state index in [0.717, 1.165) is 43.7 Å². The molecule has 1 N–H and O–H groups in total. The number of piperidine rings is 1. The maximum absolute atomic E-state index is 11.1. The van der Waals surface area contributed by atoms with Crippen molar-refractivity contribution in [3.63, 3.8) is 0 Å². The molecular weight excluding hydrogens is 254 g/mol. The molecule has 5 nitrogen and oxygen atoms in total. The third-order valence-corrected chi connectivity index (χ3v) is 4.40. The van der Waals surface area contributed by atoms with Gasteiger partial charge in [-0.3, -0.25) is 4.79 Å². The molecule has 0 aromatic carbocycles. The van der Waals surface area contributed by atoms with Crippen LogP contribution in [0.15, 0.2) is 6.07 Å². The predicted molar refractivity (Wildman–Crippen MR) is 75.9 cm³/mol. The molecule has 0 spiro atoms. The second-order valence-electron chi connectivity index (χ2n) is 5.86. The van der Waals surface area contributed by atoms with Crippen LogP contribution in [0.4, 0.5) is 5.82 Å². The van der Waals surface area contributed by atoms with Crippen molar-refractivity contribution in [2.24, 2.45) is 5.92 Å². The highest BCUT2D eigenvalue weighted by Crippen LogP contribution is 2.25. The van der Waals surface area contributed by atoms with Crippen molar-refractivity contribution >= 4 is 11.8 Å². The van der Waals surface area contributed by atoms with E-state index in [-0.39, 0.29) is 5.92 Å². The van der Waals surface area contributed by atoms with Gasteiger partial charge < -0.3 is 10.0 Å². The molecule has 1 aromatic heterocycles. The number of anilines is 1. The van der Waals surface area contributed by atoms with Gasteiger partial charge in [0.05, 0.1) is 11.6 Å². The molecule has 1 unspecified atom stereocenters. The second-order valence-corrected chi connectivity index (χ2v) is 5.86. The average molecular weight is 275 g/mol. The minimum Gasteiger partial charge on any atom is -0.481 e. The minimum absolute atomic E-state index is 0.274. The van der Waals surface area contributed by atoms with E-state index in [0.29, 0.717) is 6.54 Å². The van der Waals surface area contributed by atoms with Gasteiger partial charge in [0.15, 0.2) is 5.82 Å². The molecular formula is C15H21N3O2. The van der Waals surface area contributed by atoms with Crippen LogP contribution in [-0.4, -0.2) is 34.4 Å². The van der Waals surface area contributed by atoms with Crippen LogP contribution in [0.25, 0.3) is 0 Å². The number of carboxylic acid groups (broad SMARTS) is 1. The zero-order valence-electron chi connectivity index (χ0n) is 11.7. The van der Waals surface area contributed by atoms with E-state index in [9.17, 15) is 4.79 Å². The van der Waals surface area contributed by atoms with Crippen LogP contribution >= 0.6 is 0 Å². The summed E-state index contributed by atoms with van der Waals surface area (Å²) in [6.07, 6.45) is 7.46. The number of carbonyl (C=O) groups is 1. The van der Waals surface area contributed by atoms with Gasteiger partial charge in [0, 0.05) is 13.1 Å². The molecule has 2 heterocycles. The van der Waals surface area contributed by atoms with Crippen LogP contribution in [0.1, 0.15) is 43.4 Å². The van der Waals surface area contributed by atoms with Crippen molar-refractivity contribution in [2.75, 3.05) is 18.0 Å². The van der Waals surface area contributed by atoms with Gasteiger partial charge in [-0.05, 0) is 50.2 Å². The van der Waals surface area contributed by atoms with E-state index >= 15 is 0 Å². The Hall–Kier alpha value is -1.65. The molecule has 0 radical (unpaired) electrons. The molecule has 1 saturated heterocycles. The van der Waals surface area contributed by atoms with E-state index in [4.69, 9.17) is 5.11 Å². The predicted octanol–water partition coefficient (Wildman–Crippen LogP) is 2.05. The summed E-state index contributed by atoms with van der Waals surface area (Å²) in [6.45, 7) is 1.44. The van der Waals surface area contributed by atoms with E-state index in [1.807, 2.05) is 0 Å². The summed E-state index contributed by atoms with van der Waals surface area (Å²) in [6, 6.07) is 2.14. The van der Waals surface area contributed by atoms with Gasteiger partial charge in [-0.25, -0.2) is 0 Å². The fourth-order valence-corrected chi connectivity index (χ4v) is 3.20. The molecule has 5 heteroatoms. The SMILES string of the molecule is O=C(O)C1CCCN(c2cc3c(nn2)CCCCC3)C1. The van der Waals surface area contributed by atoms with Crippen molar-refractivity contribution in [3.8, 4) is 0 Å². The molecule has 20 heavy (non-hydrogen) atoms. The number of hydrogen-bond donors (Lipinski definition) is 1. The lowest BCUT2D eigenvalue weighted by Gasteiger charge is -2.31. The first-order chi connectivity index (χ1) is 9.74. The quantitative estimate of drug-likeness (QED) is 0.837. The molecule has 0 saturated carbocycles. The normalized spacial score (nSPS) is 23.0. The highest BCUT2D eigenvalue weighted by Gasteiger charge is 2.26. The maximum atomic E-state index is 11.1. The molecule has 2 aliphatic rings. The van der Waals surface area contributed by atoms with Gasteiger partial charge in [-0.1, -0.05) is 6.42 Å². The smallest absolute Gasteiger partial charge is 0.308 e. The fourth-order valence-electron chi connectivity index (χ4n) is 3.20. The topological polar surface area (TPSA) is 66.3 Å². The van der Waals surface area contributed by atoms with Crippen molar-refractivity contribution in [1.82, 2.24) is 10.2 Å². The van der Waals surface area contributed by atoms with Gasteiger partial charge in [0.25, 0.3) is 0 Å². The molecule has 108 valence electrons. The Balaban J connectivity index is 1.79. The summed E-state index contributed by atoms with van der Waals surface area (Å²) in [5.41, 5.74) is 2.45. The zero-order chi connectivity index (χ0) is 13.9. The third kappa shape index (κ3) is 2.76. The Bertz CT molecular complexity index is 504. The Labute approximate surface area is 119 Å². The summed E-state index contributed by atoms with van der Waals surface area (Å²) in [7, 11) is 0. The first-order valence-electron chi connectivity index (χ1n) is 7.57. The van der Waals surface area contributed by atoms with Crippen LogP contribution in [0.5, 0.6) is 0 Å². The monoisotopic (exact) mass is 275 g/mol. The van der Waals surface area contributed by atoms with Crippen molar-refractivity contribution < 1.29 is 9.90 Å². The summed E-state index contributed by atoms with van der Waals surface area (Å²) in [5, 5.41) is 17.9. The van der Waals surface area contributed by atoms with Gasteiger partial charge in [0.1, 0.15) is 0 Å². The van der Waals surface area contributed by atoms with E-state index < -0.39 is 5.97 Å². The highest BCUT2D eigenvalue weighted by atomic mass is 16.4. The zero-order valence-corrected chi connectivity index (χ0v) is 11.7. The van der Waals surface area contributed by atoms with Crippen molar-refractivity contribution in [1.29, 1.82) is 0 Å². The summed E-state index contributed by atoms with van der Waals surface area (Å²) < 4.78 is 0. The molecule has 3 rings (SSSR count). The minimum atomic E-state index is -0.697. The first-order valence-corrected chi connectivity index (χ1v) is 7.57. The van der Waals surface area contributed by atoms with Gasteiger partial charge in [-0.2, -0.15) is 5.10 Å². The molecule has 1 aliphatic heterocycles. The largest absolute Gasteiger partial charge is 0.481 e. The lowest BCUT2D eigenvalue weighted by molar-refractivity contribution is -0.141. The Kier molecular flexibility index (Phi) is 3.85. The molecule has 0 bridgehead atoms. The van der Waals surface area contributed by atoms with Crippen LogP contribution < -0.4 is 4.90 Å². The van der Waals surface area contributed by atoms with Gasteiger partial charge in [0.2, 0.25) is 0 Å². The van der Waals surface area contributed by atoms with Crippen LogP contribution in [-0.2, 0) is 17.6 Å². The van der Waals surface area contributed by atoms with E-state index in [1.54, 1.807) is 0 Å². The Morgan fingerprint density at radius 1 is 1.20 bits per heavy atom. The van der Waals surface area contributed by atoms with E-state index in [2.05, 4.69) is 21.2 Å². The lowest BCUT2D eigenvalue weighted by atomic mass is 9.98. The summed E-state index contributed by atoms with van der Waals surface area (Å²) in [4.78, 5) is 13.2. The third-order valence-electron chi connectivity index (χ3n) is 4.40. The lowest BCUT2D eigenvalue weighted by Crippen LogP contribution is -2.39. The van der Waals surface area contributed by atoms with Crippen molar-refractivity contribution in [2.45, 2.75) is 44.9 Å². The van der Waals surface area contributed by atoms with E-state index in [1.165, 1.54) is 24.8 Å². The number of aliphatic carboxylic acids is 1. The summed E-state index contributed by atoms with van der Waals surface area (Å²) in [5.74, 6) is -0.113. The number of nitrogens with zero attached hydrogens (tertiary/aromatic N) is 3. The average Bonchev–Trinajstić information content (AvgIpc) is 2.71. The fraction of sp³-hybridized carbons (Fsp3) is 0.667. The van der Waals surface area contributed by atoms with Gasteiger partial charge in [-0.15, -0.1) is 5.10 Å². The van der Waals surface area contributed by atoms with Crippen LogP contribution in [0, 0.1) is 5.92 Å².